The number of thiazole rings is 1. The minimum Gasteiger partial charge on any atom is -0.493 e. The highest BCUT2D eigenvalue weighted by Gasteiger charge is 2.35. The zero-order valence-corrected chi connectivity index (χ0v) is 25.1. The number of hydrogen-bond donors (Lipinski definition) is 0. The number of aromatic nitrogens is 1. The molecule has 0 fully saturated rings. The monoisotopic (exact) mass is 616 g/mol. The minimum absolute atomic E-state index is 0.117. The van der Waals surface area contributed by atoms with Gasteiger partial charge in [0.05, 0.1) is 42.2 Å². The van der Waals surface area contributed by atoms with Gasteiger partial charge in [-0.3, -0.25) is 9.36 Å². The van der Waals surface area contributed by atoms with E-state index >= 15 is 0 Å². The van der Waals surface area contributed by atoms with Crippen molar-refractivity contribution in [3.8, 4) is 11.5 Å². The predicted molar refractivity (Wildman–Crippen MR) is 163 cm³/mol. The molecule has 0 bridgehead atoms. The van der Waals surface area contributed by atoms with Gasteiger partial charge in [-0.25, -0.2) is 19.0 Å². The van der Waals surface area contributed by atoms with Crippen molar-refractivity contribution in [2.24, 2.45) is 4.99 Å². The van der Waals surface area contributed by atoms with Crippen LogP contribution in [0.1, 0.15) is 36.6 Å². The molecule has 1 aromatic heterocycles. The summed E-state index contributed by atoms with van der Waals surface area (Å²) in [5.41, 5.74) is 1.98. The molecule has 0 spiro atoms. The van der Waals surface area contributed by atoms with Crippen molar-refractivity contribution in [2.75, 3.05) is 26.9 Å². The second-order valence-corrected chi connectivity index (χ2v) is 10.5. The van der Waals surface area contributed by atoms with Gasteiger partial charge in [0.1, 0.15) is 5.82 Å². The number of nitrogens with zero attached hydrogens (tertiary/aromatic N) is 2. The summed E-state index contributed by atoms with van der Waals surface area (Å²) in [6.45, 7) is 3.49. The molecule has 0 amide bonds. The lowest BCUT2D eigenvalue weighted by Gasteiger charge is -2.25. The Hall–Kier alpha value is -5.03. The van der Waals surface area contributed by atoms with Crippen LogP contribution in [-0.4, -0.2) is 43.4 Å². The van der Waals surface area contributed by atoms with Gasteiger partial charge in [0.25, 0.3) is 5.56 Å². The van der Waals surface area contributed by atoms with Gasteiger partial charge in [-0.1, -0.05) is 59.9 Å². The Morgan fingerprint density at radius 3 is 2.39 bits per heavy atom. The molecule has 1 aliphatic heterocycles. The Labute approximate surface area is 256 Å². The summed E-state index contributed by atoms with van der Waals surface area (Å²) in [5, 5.41) is 0. The lowest BCUT2D eigenvalue weighted by molar-refractivity contribution is -0.145. The minimum atomic E-state index is -0.920. The summed E-state index contributed by atoms with van der Waals surface area (Å²) in [6, 6.07) is 18.9. The molecule has 5 rings (SSSR count). The SMILES string of the molecule is CCOC(=O)COc1ccc(/C=c2\sc3n(c2=O)[C@H](c2ccc(F)cc2)C(C(=O)OCC)=C(c2ccccc2)N=3)cc1OC. The summed E-state index contributed by atoms with van der Waals surface area (Å²) in [5.74, 6) is -0.887. The third kappa shape index (κ3) is 6.32. The van der Waals surface area contributed by atoms with E-state index in [1.165, 1.54) is 23.8 Å². The van der Waals surface area contributed by atoms with Crippen molar-refractivity contribution < 1.29 is 32.9 Å². The van der Waals surface area contributed by atoms with Crippen molar-refractivity contribution >= 4 is 35.0 Å². The van der Waals surface area contributed by atoms with Gasteiger partial charge >= 0.3 is 11.9 Å². The fourth-order valence-electron chi connectivity index (χ4n) is 4.78. The second-order valence-electron chi connectivity index (χ2n) is 9.49. The zero-order valence-electron chi connectivity index (χ0n) is 24.2. The molecule has 3 aromatic carbocycles. The maximum absolute atomic E-state index is 14.0. The summed E-state index contributed by atoms with van der Waals surface area (Å²) in [6.07, 6.45) is 1.68. The van der Waals surface area contributed by atoms with Gasteiger partial charge in [-0.15, -0.1) is 0 Å². The summed E-state index contributed by atoms with van der Waals surface area (Å²) >= 11 is 1.16. The van der Waals surface area contributed by atoms with Gasteiger partial charge in [0.2, 0.25) is 0 Å². The molecule has 1 atom stereocenters. The number of halogens is 1. The van der Waals surface area contributed by atoms with Crippen LogP contribution in [0.15, 0.2) is 88.2 Å². The number of carbonyl (C=O) groups is 2. The van der Waals surface area contributed by atoms with Crippen molar-refractivity contribution in [3.05, 3.63) is 121 Å². The quantitative estimate of drug-likeness (QED) is 0.248. The number of benzene rings is 3. The van der Waals surface area contributed by atoms with Crippen LogP contribution in [0.25, 0.3) is 11.8 Å². The highest BCUT2D eigenvalue weighted by Crippen LogP contribution is 2.35. The standard InChI is InChI=1S/C33H29FN2O7S/c1-4-41-27(37)19-43-24-16-11-20(17-25(24)40-3)18-26-31(38)36-30(22-12-14-23(34)15-13-22)28(32(39)42-5-2)29(35-33(36)44-26)21-9-7-6-8-10-21/h6-18,30H,4-5,19H2,1-3H3/b26-18-/t30-/m1/s1. The smallest absolute Gasteiger partial charge is 0.344 e. The first-order valence-electron chi connectivity index (χ1n) is 13.8. The van der Waals surface area contributed by atoms with E-state index in [9.17, 15) is 18.8 Å². The first-order valence-corrected chi connectivity index (χ1v) is 14.7. The maximum atomic E-state index is 14.0. The fraction of sp³-hybridized carbons (Fsp3) is 0.212. The highest BCUT2D eigenvalue weighted by molar-refractivity contribution is 7.07. The van der Waals surface area contributed by atoms with Crippen LogP contribution in [0.5, 0.6) is 11.5 Å². The molecule has 1 aliphatic rings. The van der Waals surface area contributed by atoms with Gasteiger partial charge in [-0.05, 0) is 55.3 Å². The van der Waals surface area contributed by atoms with Crippen molar-refractivity contribution in [1.82, 2.24) is 4.57 Å². The molecule has 0 saturated heterocycles. The molecule has 0 N–H and O–H groups in total. The summed E-state index contributed by atoms with van der Waals surface area (Å²) < 4.78 is 37.1. The van der Waals surface area contributed by atoms with E-state index in [1.807, 2.05) is 30.3 Å². The molecule has 226 valence electrons. The van der Waals surface area contributed by atoms with E-state index in [0.29, 0.717) is 43.2 Å². The third-order valence-electron chi connectivity index (χ3n) is 6.70. The Kier molecular flexibility index (Phi) is 9.35. The Morgan fingerprint density at radius 2 is 1.70 bits per heavy atom. The number of rotatable bonds is 10. The van der Waals surface area contributed by atoms with Gasteiger partial charge in [0.15, 0.2) is 22.9 Å². The molecule has 0 saturated carbocycles. The van der Waals surface area contributed by atoms with Crippen LogP contribution < -0.4 is 24.4 Å². The van der Waals surface area contributed by atoms with Crippen LogP contribution in [0.2, 0.25) is 0 Å². The van der Waals surface area contributed by atoms with Crippen LogP contribution in [0.4, 0.5) is 4.39 Å². The van der Waals surface area contributed by atoms with E-state index in [2.05, 4.69) is 0 Å². The van der Waals surface area contributed by atoms with E-state index in [4.69, 9.17) is 23.9 Å². The molecule has 0 unspecified atom stereocenters. The maximum Gasteiger partial charge on any atom is 0.344 e. The van der Waals surface area contributed by atoms with Crippen LogP contribution >= 0.6 is 11.3 Å². The first-order chi connectivity index (χ1) is 21.3. The van der Waals surface area contributed by atoms with Crippen molar-refractivity contribution in [3.63, 3.8) is 0 Å². The average Bonchev–Trinajstić information content (AvgIpc) is 3.34. The third-order valence-corrected chi connectivity index (χ3v) is 7.68. The molecule has 11 heteroatoms. The number of esters is 2. The van der Waals surface area contributed by atoms with Gasteiger partial charge in [-0.2, -0.15) is 0 Å². The molecule has 9 nitrogen and oxygen atoms in total. The highest BCUT2D eigenvalue weighted by atomic mass is 32.1. The van der Waals surface area contributed by atoms with Crippen LogP contribution in [0.3, 0.4) is 0 Å². The number of fused-ring (bicyclic) bond motifs is 1. The van der Waals surface area contributed by atoms with Crippen LogP contribution in [-0.2, 0) is 19.1 Å². The number of carbonyl (C=O) groups excluding carboxylic acids is 2. The van der Waals surface area contributed by atoms with E-state index in [-0.39, 0.29) is 25.4 Å². The normalized spacial score (nSPS) is 14.5. The Morgan fingerprint density at radius 1 is 0.977 bits per heavy atom. The molecule has 44 heavy (non-hydrogen) atoms. The van der Waals surface area contributed by atoms with E-state index in [1.54, 1.807) is 50.3 Å². The molecule has 0 radical (unpaired) electrons. The predicted octanol–water partition coefficient (Wildman–Crippen LogP) is 4.03. The summed E-state index contributed by atoms with van der Waals surface area (Å²) in [4.78, 5) is 44.4. The number of ether oxygens (including phenoxy) is 4. The Balaban J connectivity index is 1.67. The first kappa shape index (κ1) is 30.4. The molecule has 0 aliphatic carbocycles. The molecular weight excluding hydrogens is 587 g/mol. The van der Waals surface area contributed by atoms with Gasteiger partial charge < -0.3 is 18.9 Å². The second kappa shape index (κ2) is 13.5. The van der Waals surface area contributed by atoms with Crippen molar-refractivity contribution in [1.29, 1.82) is 0 Å². The lowest BCUT2D eigenvalue weighted by atomic mass is 9.93. The fourth-order valence-corrected chi connectivity index (χ4v) is 5.79. The van der Waals surface area contributed by atoms with Crippen molar-refractivity contribution in [2.45, 2.75) is 19.9 Å². The number of methoxy groups -OCH3 is 1. The molecule has 2 heterocycles. The average molecular weight is 617 g/mol. The lowest BCUT2D eigenvalue weighted by Crippen LogP contribution is -2.40. The molecular formula is C33H29FN2O7S. The zero-order chi connectivity index (χ0) is 31.2. The van der Waals surface area contributed by atoms with E-state index in [0.717, 1.165) is 11.3 Å². The summed E-state index contributed by atoms with van der Waals surface area (Å²) in [7, 11) is 1.47. The van der Waals surface area contributed by atoms with Gasteiger partial charge in [0, 0.05) is 5.56 Å². The van der Waals surface area contributed by atoms with Crippen LogP contribution in [0, 0.1) is 5.82 Å². The Bertz CT molecular complexity index is 1900. The molecule has 4 aromatic rings. The largest absolute Gasteiger partial charge is 0.493 e. The topological polar surface area (TPSA) is 105 Å². The van der Waals surface area contributed by atoms with E-state index < -0.39 is 29.4 Å². The number of hydrogen-bond acceptors (Lipinski definition) is 9.